The van der Waals surface area contributed by atoms with Gasteiger partial charge in [0, 0.05) is 33.7 Å². The SMILES string of the molecule is O=C(O)C(Cc1c[nH]c2ccccc12)NC(=O)[C@@H](CS)C1CCc2cc(Br)ccc21. The van der Waals surface area contributed by atoms with Gasteiger partial charge in [-0.25, -0.2) is 4.79 Å². The summed E-state index contributed by atoms with van der Waals surface area (Å²) in [6.45, 7) is 0. The molecule has 1 heterocycles. The molecule has 1 aliphatic rings. The Kier molecular flexibility index (Phi) is 6.20. The Labute approximate surface area is 188 Å². The predicted molar refractivity (Wildman–Crippen MR) is 124 cm³/mol. The number of rotatable bonds is 7. The highest BCUT2D eigenvalue weighted by molar-refractivity contribution is 9.10. The Bertz CT molecular complexity index is 1100. The molecule has 1 aliphatic carbocycles. The summed E-state index contributed by atoms with van der Waals surface area (Å²) < 4.78 is 1.03. The summed E-state index contributed by atoms with van der Waals surface area (Å²) in [5, 5.41) is 13.5. The Morgan fingerprint density at radius 1 is 1.27 bits per heavy atom. The van der Waals surface area contributed by atoms with Gasteiger partial charge in [-0.1, -0.05) is 40.2 Å². The van der Waals surface area contributed by atoms with Gasteiger partial charge in [0.25, 0.3) is 0 Å². The number of aryl methyl sites for hydroxylation is 1. The van der Waals surface area contributed by atoms with Crippen LogP contribution in [-0.2, 0) is 22.4 Å². The van der Waals surface area contributed by atoms with Crippen LogP contribution < -0.4 is 5.32 Å². The standard InChI is InChI=1S/C23H23BrN2O3S/c24-15-6-8-16-13(9-15)5-7-18(16)19(12-30)22(27)26-21(23(28)29)10-14-11-25-20-4-2-1-3-17(14)20/h1-4,6,8-9,11,18-19,21,25,30H,5,7,10,12H2,(H,26,27)(H,28,29)/t18?,19-,21?/m0/s1. The van der Waals surface area contributed by atoms with E-state index in [1.54, 1.807) is 0 Å². The summed E-state index contributed by atoms with van der Waals surface area (Å²) in [4.78, 5) is 28.2. The van der Waals surface area contributed by atoms with Crippen molar-refractivity contribution in [1.29, 1.82) is 0 Å². The average molecular weight is 487 g/mol. The van der Waals surface area contributed by atoms with E-state index in [0.717, 1.165) is 39.3 Å². The van der Waals surface area contributed by atoms with Gasteiger partial charge in [-0.2, -0.15) is 12.6 Å². The number of carboxylic acids is 1. The van der Waals surface area contributed by atoms with Crippen molar-refractivity contribution in [3.05, 3.63) is 69.8 Å². The van der Waals surface area contributed by atoms with Gasteiger partial charge in [0.1, 0.15) is 6.04 Å². The van der Waals surface area contributed by atoms with Crippen LogP contribution in [0.25, 0.3) is 10.9 Å². The third-order valence-corrected chi connectivity index (χ3v) is 6.85. The molecule has 0 bridgehead atoms. The summed E-state index contributed by atoms with van der Waals surface area (Å²) in [5.41, 5.74) is 4.22. The second-order valence-corrected chi connectivity index (χ2v) is 9.02. The van der Waals surface area contributed by atoms with Gasteiger partial charge in [0.15, 0.2) is 0 Å². The largest absolute Gasteiger partial charge is 0.480 e. The summed E-state index contributed by atoms with van der Waals surface area (Å²) >= 11 is 7.93. The zero-order chi connectivity index (χ0) is 21.3. The van der Waals surface area contributed by atoms with Crippen LogP contribution in [0.4, 0.5) is 0 Å². The molecule has 0 spiro atoms. The number of fused-ring (bicyclic) bond motifs is 2. The lowest BCUT2D eigenvalue weighted by Gasteiger charge is -2.24. The van der Waals surface area contributed by atoms with Crippen LogP contribution >= 0.6 is 28.6 Å². The van der Waals surface area contributed by atoms with Crippen molar-refractivity contribution in [2.45, 2.75) is 31.2 Å². The second-order valence-electron chi connectivity index (χ2n) is 7.74. The molecule has 1 amide bonds. The number of nitrogens with one attached hydrogen (secondary N) is 2. The van der Waals surface area contributed by atoms with Crippen molar-refractivity contribution in [1.82, 2.24) is 10.3 Å². The van der Waals surface area contributed by atoms with E-state index < -0.39 is 12.0 Å². The Balaban J connectivity index is 1.52. The first-order valence-electron chi connectivity index (χ1n) is 9.95. The van der Waals surface area contributed by atoms with Gasteiger partial charge < -0.3 is 15.4 Å². The maximum Gasteiger partial charge on any atom is 0.326 e. The number of aliphatic carboxylic acids is 1. The number of carboxylic acid groups (broad SMARTS) is 1. The Hall–Kier alpha value is -2.25. The molecule has 2 aromatic carbocycles. The molecule has 1 aromatic heterocycles. The number of carbonyl (C=O) groups is 2. The van der Waals surface area contributed by atoms with Gasteiger partial charge in [-0.3, -0.25) is 4.79 Å². The van der Waals surface area contributed by atoms with Crippen molar-refractivity contribution in [2.24, 2.45) is 5.92 Å². The molecule has 5 nitrogen and oxygen atoms in total. The number of benzene rings is 2. The normalized spacial score (nSPS) is 17.5. The molecule has 30 heavy (non-hydrogen) atoms. The molecule has 3 atom stereocenters. The van der Waals surface area contributed by atoms with Crippen LogP contribution in [-0.4, -0.2) is 33.8 Å². The number of para-hydroxylation sites is 1. The first-order chi connectivity index (χ1) is 14.5. The number of hydrogen-bond donors (Lipinski definition) is 4. The minimum Gasteiger partial charge on any atom is -0.480 e. The van der Waals surface area contributed by atoms with E-state index in [0.29, 0.717) is 5.75 Å². The Morgan fingerprint density at radius 3 is 2.83 bits per heavy atom. The molecule has 3 N–H and O–H groups in total. The first-order valence-corrected chi connectivity index (χ1v) is 11.4. The number of aromatic amines is 1. The summed E-state index contributed by atoms with van der Waals surface area (Å²) in [6, 6.07) is 12.9. The molecule has 0 aliphatic heterocycles. The Morgan fingerprint density at radius 2 is 2.07 bits per heavy atom. The van der Waals surface area contributed by atoms with E-state index in [-0.39, 0.29) is 24.2 Å². The molecule has 0 saturated carbocycles. The fraction of sp³-hybridized carbons (Fsp3) is 0.304. The smallest absolute Gasteiger partial charge is 0.326 e. The molecular weight excluding hydrogens is 464 g/mol. The van der Waals surface area contributed by atoms with Crippen molar-refractivity contribution < 1.29 is 14.7 Å². The zero-order valence-corrected chi connectivity index (χ0v) is 18.7. The third kappa shape index (κ3) is 4.14. The van der Waals surface area contributed by atoms with Crippen molar-refractivity contribution in [2.75, 3.05) is 5.75 Å². The molecule has 156 valence electrons. The molecule has 0 radical (unpaired) electrons. The predicted octanol–water partition coefficient (Wildman–Crippen LogP) is 4.32. The van der Waals surface area contributed by atoms with Crippen molar-refractivity contribution in [3.63, 3.8) is 0 Å². The van der Waals surface area contributed by atoms with Crippen LogP contribution in [0.5, 0.6) is 0 Å². The number of H-pyrrole nitrogens is 1. The van der Waals surface area contributed by atoms with Gasteiger partial charge >= 0.3 is 5.97 Å². The number of hydrogen-bond acceptors (Lipinski definition) is 3. The number of halogens is 1. The number of carbonyl (C=O) groups excluding carboxylic acids is 1. The quantitative estimate of drug-likeness (QED) is 0.375. The first kappa shape index (κ1) is 21.0. The lowest BCUT2D eigenvalue weighted by Crippen LogP contribution is -2.46. The highest BCUT2D eigenvalue weighted by Gasteiger charge is 2.35. The van der Waals surface area contributed by atoms with E-state index >= 15 is 0 Å². The summed E-state index contributed by atoms with van der Waals surface area (Å²) in [5.74, 6) is -1.25. The lowest BCUT2D eigenvalue weighted by atomic mass is 9.87. The monoisotopic (exact) mass is 486 g/mol. The average Bonchev–Trinajstić information content (AvgIpc) is 3.32. The maximum atomic E-state index is 13.1. The minimum absolute atomic E-state index is 0.0492. The molecule has 0 fully saturated rings. The second kappa shape index (κ2) is 8.86. The van der Waals surface area contributed by atoms with Crippen LogP contribution in [0.15, 0.2) is 53.1 Å². The van der Waals surface area contributed by atoms with Crippen LogP contribution in [0.3, 0.4) is 0 Å². The molecule has 2 unspecified atom stereocenters. The molecule has 3 aromatic rings. The van der Waals surface area contributed by atoms with Crippen molar-refractivity contribution in [3.8, 4) is 0 Å². The van der Waals surface area contributed by atoms with E-state index in [2.05, 4.69) is 51.0 Å². The fourth-order valence-corrected chi connectivity index (χ4v) is 5.26. The zero-order valence-electron chi connectivity index (χ0n) is 16.3. The van der Waals surface area contributed by atoms with Gasteiger partial charge in [0.2, 0.25) is 5.91 Å². The number of amides is 1. The third-order valence-electron chi connectivity index (χ3n) is 5.96. The molecule has 0 saturated heterocycles. The molecule has 7 heteroatoms. The minimum atomic E-state index is -1.04. The number of thiol groups is 1. The van der Waals surface area contributed by atoms with Gasteiger partial charge in [-0.15, -0.1) is 0 Å². The highest BCUT2D eigenvalue weighted by Crippen LogP contribution is 2.40. The molecule has 4 rings (SSSR count). The van der Waals surface area contributed by atoms with Crippen LogP contribution in [0, 0.1) is 5.92 Å². The van der Waals surface area contributed by atoms with Crippen molar-refractivity contribution >= 4 is 51.3 Å². The van der Waals surface area contributed by atoms with Crippen LogP contribution in [0.2, 0.25) is 0 Å². The van der Waals surface area contributed by atoms with E-state index in [9.17, 15) is 14.7 Å². The van der Waals surface area contributed by atoms with E-state index in [4.69, 9.17) is 0 Å². The highest BCUT2D eigenvalue weighted by atomic mass is 79.9. The van der Waals surface area contributed by atoms with Gasteiger partial charge in [0.05, 0.1) is 5.92 Å². The topological polar surface area (TPSA) is 82.2 Å². The fourth-order valence-electron chi connectivity index (χ4n) is 4.43. The molecular formula is C23H23BrN2O3S. The van der Waals surface area contributed by atoms with Crippen LogP contribution in [0.1, 0.15) is 29.0 Å². The van der Waals surface area contributed by atoms with Gasteiger partial charge in [-0.05, 0) is 53.6 Å². The maximum absolute atomic E-state index is 13.1. The summed E-state index contributed by atoms with van der Waals surface area (Å²) in [7, 11) is 0. The lowest BCUT2D eigenvalue weighted by molar-refractivity contribution is -0.142. The van der Waals surface area contributed by atoms with E-state index in [1.165, 1.54) is 5.56 Å². The number of aromatic nitrogens is 1. The van der Waals surface area contributed by atoms with E-state index in [1.807, 2.05) is 36.5 Å². The summed E-state index contributed by atoms with van der Waals surface area (Å²) in [6.07, 6.45) is 3.81.